The number of rotatable bonds is 5. The molecule has 0 saturated carbocycles. The maximum Gasteiger partial charge on any atom is 0.175 e. The van der Waals surface area contributed by atoms with Crippen molar-refractivity contribution < 1.29 is 0 Å². The van der Waals surface area contributed by atoms with Gasteiger partial charge in [0.05, 0.1) is 0 Å². The van der Waals surface area contributed by atoms with Gasteiger partial charge in [0.2, 0.25) is 0 Å². The molecule has 0 aliphatic rings. The van der Waals surface area contributed by atoms with E-state index in [2.05, 4.69) is 10.2 Å². The highest BCUT2D eigenvalue weighted by atomic mass is 32.2. The summed E-state index contributed by atoms with van der Waals surface area (Å²) in [4.78, 5) is 0. The van der Waals surface area contributed by atoms with Crippen LogP contribution in [0.3, 0.4) is 0 Å². The van der Waals surface area contributed by atoms with E-state index in [1.54, 1.807) is 34.9 Å². The van der Waals surface area contributed by atoms with Crippen LogP contribution < -0.4 is 5.73 Å². The Morgan fingerprint density at radius 3 is 2.77 bits per heavy atom. The fourth-order valence-electron chi connectivity index (χ4n) is 0.622. The van der Waals surface area contributed by atoms with Gasteiger partial charge in [0, 0.05) is 12.3 Å². The average Bonchev–Trinajstić information content (AvgIpc) is 2.60. The Balaban J connectivity index is 2.32. The molecule has 1 aromatic rings. The highest BCUT2D eigenvalue weighted by molar-refractivity contribution is 8.03. The summed E-state index contributed by atoms with van der Waals surface area (Å²) in [6.45, 7) is 0.604. The van der Waals surface area contributed by atoms with Gasteiger partial charge >= 0.3 is 0 Å². The van der Waals surface area contributed by atoms with Crippen LogP contribution in [-0.2, 0) is 0 Å². The van der Waals surface area contributed by atoms with Crippen molar-refractivity contribution in [1.82, 2.24) is 10.2 Å². The molecule has 0 aliphatic heterocycles. The molecular weight excluding hydrogens is 222 g/mol. The number of hydrogen-bond donors (Lipinski definition) is 1. The van der Waals surface area contributed by atoms with Crippen LogP contribution in [0.5, 0.6) is 0 Å². The Labute approximate surface area is 90.2 Å². The molecule has 0 bridgehead atoms. The zero-order valence-corrected chi connectivity index (χ0v) is 9.71. The molecule has 1 aromatic heterocycles. The summed E-state index contributed by atoms with van der Waals surface area (Å²) in [6, 6.07) is 0. The topological polar surface area (TPSA) is 51.8 Å². The van der Waals surface area contributed by atoms with Crippen LogP contribution >= 0.6 is 34.9 Å². The Kier molecular flexibility index (Phi) is 5.45. The van der Waals surface area contributed by atoms with Crippen LogP contribution in [0.15, 0.2) is 20.8 Å². The third kappa shape index (κ3) is 4.12. The SMILES string of the molecule is CSc1nnc(SC/C=C/CN)s1. The number of nitrogens with zero attached hydrogens (tertiary/aromatic N) is 2. The smallest absolute Gasteiger partial charge is 0.175 e. The summed E-state index contributed by atoms with van der Waals surface area (Å²) >= 11 is 4.94. The molecule has 0 aromatic carbocycles. The molecule has 0 atom stereocenters. The van der Waals surface area contributed by atoms with Crippen molar-refractivity contribution >= 4 is 34.9 Å². The van der Waals surface area contributed by atoms with Gasteiger partial charge in [-0.1, -0.05) is 47.0 Å². The monoisotopic (exact) mass is 233 g/mol. The zero-order valence-electron chi connectivity index (χ0n) is 7.27. The van der Waals surface area contributed by atoms with Crippen molar-refractivity contribution in [3.8, 4) is 0 Å². The first-order valence-electron chi connectivity index (χ1n) is 3.72. The van der Waals surface area contributed by atoms with Crippen molar-refractivity contribution in [2.45, 2.75) is 8.68 Å². The van der Waals surface area contributed by atoms with E-state index in [4.69, 9.17) is 5.73 Å². The third-order valence-electron chi connectivity index (χ3n) is 1.17. The van der Waals surface area contributed by atoms with Crippen molar-refractivity contribution in [3.63, 3.8) is 0 Å². The maximum absolute atomic E-state index is 5.31. The molecule has 1 heterocycles. The van der Waals surface area contributed by atoms with E-state index < -0.39 is 0 Å². The van der Waals surface area contributed by atoms with Gasteiger partial charge in [-0.2, -0.15) is 0 Å². The predicted molar refractivity (Wildman–Crippen MR) is 60.6 cm³/mol. The minimum atomic E-state index is 0.604. The van der Waals surface area contributed by atoms with Gasteiger partial charge < -0.3 is 5.73 Å². The lowest BCUT2D eigenvalue weighted by Crippen LogP contribution is -1.92. The van der Waals surface area contributed by atoms with E-state index in [-0.39, 0.29) is 0 Å². The van der Waals surface area contributed by atoms with Crippen molar-refractivity contribution in [2.75, 3.05) is 18.6 Å². The Morgan fingerprint density at radius 1 is 1.38 bits per heavy atom. The molecule has 0 amide bonds. The van der Waals surface area contributed by atoms with Crippen LogP contribution in [0, 0.1) is 0 Å². The molecule has 0 spiro atoms. The molecule has 72 valence electrons. The van der Waals surface area contributed by atoms with Crippen LogP contribution in [-0.4, -0.2) is 28.8 Å². The van der Waals surface area contributed by atoms with E-state index >= 15 is 0 Å². The first-order valence-corrected chi connectivity index (χ1v) is 6.75. The Bertz CT molecular complexity index is 272. The first-order chi connectivity index (χ1) is 6.36. The first kappa shape index (κ1) is 11.0. The molecule has 0 radical (unpaired) electrons. The minimum absolute atomic E-state index is 0.604. The highest BCUT2D eigenvalue weighted by Gasteiger charge is 2.01. The van der Waals surface area contributed by atoms with Crippen LogP contribution in [0.1, 0.15) is 0 Å². The van der Waals surface area contributed by atoms with Gasteiger partial charge in [0.25, 0.3) is 0 Å². The van der Waals surface area contributed by atoms with E-state index in [9.17, 15) is 0 Å². The number of hydrogen-bond acceptors (Lipinski definition) is 6. The van der Waals surface area contributed by atoms with Gasteiger partial charge in [-0.25, -0.2) is 0 Å². The summed E-state index contributed by atoms with van der Waals surface area (Å²) < 4.78 is 2.04. The minimum Gasteiger partial charge on any atom is -0.327 e. The second-order valence-electron chi connectivity index (χ2n) is 2.06. The highest BCUT2D eigenvalue weighted by Crippen LogP contribution is 2.27. The quantitative estimate of drug-likeness (QED) is 0.621. The van der Waals surface area contributed by atoms with Crippen LogP contribution in [0.2, 0.25) is 0 Å². The fourth-order valence-corrected chi connectivity index (χ4v) is 2.94. The molecule has 0 aliphatic carbocycles. The standard InChI is InChI=1S/C7H11N3S3/c1-11-6-9-10-7(13-6)12-5-3-2-4-8/h2-3H,4-5,8H2,1H3/b3-2+. The normalized spacial score (nSPS) is 11.2. The average molecular weight is 233 g/mol. The Morgan fingerprint density at radius 2 is 2.15 bits per heavy atom. The van der Waals surface area contributed by atoms with Crippen molar-refractivity contribution in [2.24, 2.45) is 5.73 Å². The molecule has 0 fully saturated rings. The molecule has 3 nitrogen and oxygen atoms in total. The predicted octanol–water partition coefficient (Wildman–Crippen LogP) is 1.87. The lowest BCUT2D eigenvalue weighted by atomic mass is 10.5. The van der Waals surface area contributed by atoms with E-state index in [1.165, 1.54) is 0 Å². The van der Waals surface area contributed by atoms with E-state index in [1.807, 2.05) is 18.4 Å². The zero-order chi connectivity index (χ0) is 9.52. The number of aromatic nitrogens is 2. The summed E-state index contributed by atoms with van der Waals surface area (Å²) in [5, 5.41) is 8.03. The summed E-state index contributed by atoms with van der Waals surface area (Å²) in [7, 11) is 0. The van der Waals surface area contributed by atoms with Gasteiger partial charge in [-0.3, -0.25) is 0 Å². The van der Waals surface area contributed by atoms with Gasteiger partial charge in [0.15, 0.2) is 8.68 Å². The van der Waals surface area contributed by atoms with Gasteiger partial charge in [-0.05, 0) is 6.26 Å². The van der Waals surface area contributed by atoms with Gasteiger partial charge in [0.1, 0.15) is 0 Å². The maximum atomic E-state index is 5.31. The number of thioether (sulfide) groups is 2. The Hall–Kier alpha value is -0.0400. The van der Waals surface area contributed by atoms with Crippen LogP contribution in [0.25, 0.3) is 0 Å². The number of nitrogens with two attached hydrogens (primary N) is 1. The molecule has 0 saturated heterocycles. The molecule has 13 heavy (non-hydrogen) atoms. The van der Waals surface area contributed by atoms with E-state index in [0.717, 1.165) is 14.4 Å². The summed E-state index contributed by atoms with van der Waals surface area (Å²) in [6.07, 6.45) is 6.00. The molecule has 1 rings (SSSR count). The lowest BCUT2D eigenvalue weighted by molar-refractivity contribution is 0.956. The van der Waals surface area contributed by atoms with Gasteiger partial charge in [-0.15, -0.1) is 10.2 Å². The van der Waals surface area contributed by atoms with Crippen molar-refractivity contribution in [1.29, 1.82) is 0 Å². The van der Waals surface area contributed by atoms with Crippen molar-refractivity contribution in [3.05, 3.63) is 12.2 Å². The van der Waals surface area contributed by atoms with Crippen LogP contribution in [0.4, 0.5) is 0 Å². The summed E-state index contributed by atoms with van der Waals surface area (Å²) in [5.74, 6) is 0.917. The third-order valence-corrected chi connectivity index (χ3v) is 4.15. The second kappa shape index (κ2) is 6.42. The molecular formula is C7H11N3S3. The lowest BCUT2D eigenvalue weighted by Gasteiger charge is -1.87. The second-order valence-corrected chi connectivity index (χ2v) is 5.35. The van der Waals surface area contributed by atoms with E-state index in [0.29, 0.717) is 6.54 Å². The molecule has 2 N–H and O–H groups in total. The molecule has 0 unspecified atom stereocenters. The fraction of sp³-hybridized carbons (Fsp3) is 0.429. The molecule has 6 heteroatoms. The largest absolute Gasteiger partial charge is 0.327 e. The summed E-state index contributed by atoms with van der Waals surface area (Å²) in [5.41, 5.74) is 5.31.